The smallest absolute Gasteiger partial charge is 0.320 e. The predicted molar refractivity (Wildman–Crippen MR) is 75.0 cm³/mol. The zero-order valence-corrected chi connectivity index (χ0v) is 12.0. The summed E-state index contributed by atoms with van der Waals surface area (Å²) in [5.74, 6) is 1.97. The fourth-order valence-corrected chi connectivity index (χ4v) is 5.32. The number of unbranched alkanes of at least 4 members (excludes halogenated alkanes) is 1. The standard InChI is InChI=1S/C16H27NO2/c1-2-3-4-14(15(18)19)17-16-8-11-5-12(9-16)7-13(6-11)10-16/h11-14,17H,2-10H2,1H3,(H,18,19). The molecule has 4 fully saturated rings. The van der Waals surface area contributed by atoms with Gasteiger partial charge in [-0.2, -0.15) is 0 Å². The molecule has 2 N–H and O–H groups in total. The van der Waals surface area contributed by atoms with Crippen LogP contribution in [-0.2, 0) is 4.79 Å². The normalized spacial score (nSPS) is 41.4. The van der Waals surface area contributed by atoms with E-state index in [0.717, 1.165) is 37.0 Å². The number of carbonyl (C=O) groups is 1. The second-order valence-corrected chi connectivity index (χ2v) is 7.38. The highest BCUT2D eigenvalue weighted by Crippen LogP contribution is 2.55. The summed E-state index contributed by atoms with van der Waals surface area (Å²) in [7, 11) is 0. The van der Waals surface area contributed by atoms with Gasteiger partial charge in [0.2, 0.25) is 0 Å². The van der Waals surface area contributed by atoms with Gasteiger partial charge in [0.15, 0.2) is 0 Å². The first kappa shape index (κ1) is 13.4. The molecule has 0 aromatic heterocycles. The molecule has 1 unspecified atom stereocenters. The van der Waals surface area contributed by atoms with Crippen molar-refractivity contribution in [2.75, 3.05) is 0 Å². The number of carboxylic acid groups (broad SMARTS) is 1. The molecule has 0 aliphatic heterocycles. The van der Waals surface area contributed by atoms with Crippen molar-refractivity contribution in [2.24, 2.45) is 17.8 Å². The van der Waals surface area contributed by atoms with Crippen molar-refractivity contribution < 1.29 is 9.90 Å². The van der Waals surface area contributed by atoms with Crippen LogP contribution in [0.5, 0.6) is 0 Å². The molecule has 4 rings (SSSR count). The summed E-state index contributed by atoms with van der Waals surface area (Å²) in [6.45, 7) is 2.13. The molecule has 108 valence electrons. The Balaban J connectivity index is 1.68. The molecule has 0 amide bonds. The van der Waals surface area contributed by atoms with Crippen LogP contribution in [0.25, 0.3) is 0 Å². The fraction of sp³-hybridized carbons (Fsp3) is 0.938. The van der Waals surface area contributed by atoms with Crippen molar-refractivity contribution in [2.45, 2.75) is 76.3 Å². The van der Waals surface area contributed by atoms with E-state index in [1.807, 2.05) is 0 Å². The monoisotopic (exact) mass is 265 g/mol. The lowest BCUT2D eigenvalue weighted by atomic mass is 9.53. The lowest BCUT2D eigenvalue weighted by Gasteiger charge is -2.57. The van der Waals surface area contributed by atoms with Gasteiger partial charge in [0.25, 0.3) is 0 Å². The molecule has 0 aromatic carbocycles. The third kappa shape index (κ3) is 2.67. The van der Waals surface area contributed by atoms with Crippen LogP contribution in [-0.4, -0.2) is 22.7 Å². The van der Waals surface area contributed by atoms with Crippen LogP contribution in [0.15, 0.2) is 0 Å². The Labute approximate surface area is 116 Å². The third-order valence-corrected chi connectivity index (χ3v) is 5.66. The molecule has 0 radical (unpaired) electrons. The number of hydrogen-bond acceptors (Lipinski definition) is 2. The molecular formula is C16H27NO2. The van der Waals surface area contributed by atoms with Gasteiger partial charge >= 0.3 is 5.97 Å². The highest BCUT2D eigenvalue weighted by atomic mass is 16.4. The molecule has 0 heterocycles. The quantitative estimate of drug-likeness (QED) is 0.775. The highest BCUT2D eigenvalue weighted by Gasteiger charge is 2.51. The van der Waals surface area contributed by atoms with Crippen LogP contribution in [0, 0.1) is 17.8 Å². The average Bonchev–Trinajstić information content (AvgIpc) is 2.32. The average molecular weight is 265 g/mol. The molecule has 0 spiro atoms. The van der Waals surface area contributed by atoms with E-state index in [1.54, 1.807) is 0 Å². The summed E-state index contributed by atoms with van der Waals surface area (Å²) in [5.41, 5.74) is 0.172. The highest BCUT2D eigenvalue weighted by molar-refractivity contribution is 5.73. The van der Waals surface area contributed by atoms with Gasteiger partial charge < -0.3 is 5.11 Å². The van der Waals surface area contributed by atoms with E-state index in [0.29, 0.717) is 0 Å². The van der Waals surface area contributed by atoms with E-state index in [2.05, 4.69) is 12.2 Å². The number of hydrogen-bond donors (Lipinski definition) is 2. The molecular weight excluding hydrogens is 238 g/mol. The maximum absolute atomic E-state index is 11.5. The minimum absolute atomic E-state index is 0.172. The summed E-state index contributed by atoms with van der Waals surface area (Å²) in [6, 6.07) is -0.323. The Morgan fingerprint density at radius 2 is 1.74 bits per heavy atom. The van der Waals surface area contributed by atoms with Crippen molar-refractivity contribution in [3.63, 3.8) is 0 Å². The van der Waals surface area contributed by atoms with Crippen molar-refractivity contribution in [3.8, 4) is 0 Å². The first-order valence-corrected chi connectivity index (χ1v) is 8.11. The van der Waals surface area contributed by atoms with Crippen molar-refractivity contribution >= 4 is 5.97 Å². The summed E-state index contributed by atoms with van der Waals surface area (Å²) in [5, 5.41) is 13.0. The van der Waals surface area contributed by atoms with Crippen LogP contribution in [0.3, 0.4) is 0 Å². The second kappa shape index (κ2) is 5.08. The van der Waals surface area contributed by atoms with Crippen molar-refractivity contribution in [1.29, 1.82) is 0 Å². The predicted octanol–water partition coefficient (Wildman–Crippen LogP) is 3.19. The van der Waals surface area contributed by atoms with E-state index in [1.165, 1.54) is 38.5 Å². The summed E-state index contributed by atoms with van der Waals surface area (Å²) < 4.78 is 0. The fourth-order valence-electron chi connectivity index (χ4n) is 5.32. The Kier molecular flexibility index (Phi) is 3.59. The van der Waals surface area contributed by atoms with Crippen LogP contribution in [0.1, 0.15) is 64.7 Å². The third-order valence-electron chi connectivity index (χ3n) is 5.66. The topological polar surface area (TPSA) is 49.3 Å². The van der Waals surface area contributed by atoms with Crippen molar-refractivity contribution in [3.05, 3.63) is 0 Å². The largest absolute Gasteiger partial charge is 0.480 e. The van der Waals surface area contributed by atoms with Crippen LogP contribution in [0.2, 0.25) is 0 Å². The molecule has 19 heavy (non-hydrogen) atoms. The first-order valence-electron chi connectivity index (χ1n) is 8.11. The van der Waals surface area contributed by atoms with E-state index in [4.69, 9.17) is 0 Å². The summed E-state index contributed by atoms with van der Waals surface area (Å²) >= 11 is 0. The van der Waals surface area contributed by atoms with Gasteiger partial charge in [0.1, 0.15) is 6.04 Å². The van der Waals surface area contributed by atoms with Gasteiger partial charge in [0, 0.05) is 5.54 Å². The molecule has 4 aliphatic rings. The minimum atomic E-state index is -0.649. The van der Waals surface area contributed by atoms with E-state index in [9.17, 15) is 9.90 Å². The van der Waals surface area contributed by atoms with Gasteiger partial charge in [-0.05, 0) is 62.7 Å². The number of carboxylic acids is 1. The Bertz CT molecular complexity index is 317. The Morgan fingerprint density at radius 1 is 1.21 bits per heavy atom. The maximum Gasteiger partial charge on any atom is 0.320 e. The van der Waals surface area contributed by atoms with Gasteiger partial charge in [0.05, 0.1) is 0 Å². The van der Waals surface area contributed by atoms with Gasteiger partial charge in [-0.15, -0.1) is 0 Å². The molecule has 0 saturated heterocycles. The van der Waals surface area contributed by atoms with E-state index < -0.39 is 5.97 Å². The number of nitrogens with one attached hydrogen (secondary N) is 1. The maximum atomic E-state index is 11.5. The molecule has 3 nitrogen and oxygen atoms in total. The number of rotatable bonds is 6. The number of aliphatic carboxylic acids is 1. The SMILES string of the molecule is CCCCC(NC12CC3CC(CC(C3)C1)C2)C(=O)O. The second-order valence-electron chi connectivity index (χ2n) is 7.38. The van der Waals surface area contributed by atoms with Crippen LogP contribution >= 0.6 is 0 Å². The molecule has 4 bridgehead atoms. The molecule has 4 aliphatic carbocycles. The Morgan fingerprint density at radius 3 is 2.16 bits per heavy atom. The Hall–Kier alpha value is -0.570. The molecule has 4 saturated carbocycles. The van der Waals surface area contributed by atoms with Gasteiger partial charge in [-0.1, -0.05) is 19.8 Å². The minimum Gasteiger partial charge on any atom is -0.480 e. The summed E-state index contributed by atoms with van der Waals surface area (Å²) in [6.07, 6.45) is 10.8. The molecule has 0 aromatic rings. The van der Waals surface area contributed by atoms with E-state index >= 15 is 0 Å². The lowest BCUT2D eigenvalue weighted by molar-refractivity contribution is -0.141. The lowest BCUT2D eigenvalue weighted by Crippen LogP contribution is -2.62. The van der Waals surface area contributed by atoms with Crippen LogP contribution < -0.4 is 5.32 Å². The zero-order valence-electron chi connectivity index (χ0n) is 12.0. The molecule has 3 heteroatoms. The van der Waals surface area contributed by atoms with Gasteiger partial charge in [-0.3, -0.25) is 10.1 Å². The van der Waals surface area contributed by atoms with Crippen molar-refractivity contribution in [1.82, 2.24) is 5.32 Å². The van der Waals surface area contributed by atoms with E-state index in [-0.39, 0.29) is 11.6 Å². The molecule has 1 atom stereocenters. The van der Waals surface area contributed by atoms with Crippen LogP contribution in [0.4, 0.5) is 0 Å². The first-order chi connectivity index (χ1) is 9.10. The van der Waals surface area contributed by atoms with Gasteiger partial charge in [-0.25, -0.2) is 0 Å². The summed E-state index contributed by atoms with van der Waals surface area (Å²) in [4.78, 5) is 11.5. The zero-order chi connectivity index (χ0) is 13.5.